The summed E-state index contributed by atoms with van der Waals surface area (Å²) in [5.74, 6) is 0.0842. The fourth-order valence-corrected chi connectivity index (χ4v) is 11.7. The van der Waals surface area contributed by atoms with Crippen LogP contribution in [0.1, 0.15) is 49.9 Å². The maximum atomic E-state index is 12.7. The van der Waals surface area contributed by atoms with Gasteiger partial charge in [0.1, 0.15) is 9.40 Å². The molecule has 0 atom stereocenters. The molecule has 2 aliphatic rings. The molecule has 0 unspecified atom stereocenters. The molecule has 0 amide bonds. The molecule has 0 spiro atoms. The van der Waals surface area contributed by atoms with Crippen LogP contribution >= 0.6 is 22.7 Å². The standard InChI is InChI=1S/2C28H21NOS.Be/c2*1-28(2)22-8-4-3-7-19(22)20-13-11-18(16-23(20)28)17-12-14-25(30)21(15-17)27-29-24-9-5-6-10-26(24)31-27;/h2*3-16,30H,1-2H3;/q;;+2. The monoisotopic (exact) mass is 847 g/mol. The Balaban J connectivity index is 0.000000147. The van der Waals surface area contributed by atoms with Crippen LogP contribution in [0.15, 0.2) is 170 Å². The fourth-order valence-electron chi connectivity index (χ4n) is 9.62. The van der Waals surface area contributed by atoms with Crippen molar-refractivity contribution in [2.75, 3.05) is 0 Å². The number of rotatable bonds is 4. The molecule has 2 N–H and O–H groups in total. The van der Waals surface area contributed by atoms with Gasteiger partial charge >= 0.3 is 10.1 Å². The first-order valence-electron chi connectivity index (χ1n) is 21.0. The number of H-pyrrole nitrogens is 2. The summed E-state index contributed by atoms with van der Waals surface area (Å²) >= 11 is 3.25. The predicted octanol–water partition coefficient (Wildman–Crippen LogP) is 12.5. The van der Waals surface area contributed by atoms with Gasteiger partial charge in [-0.2, -0.15) is 9.97 Å². The Morgan fingerprint density at radius 3 is 1.14 bits per heavy atom. The first-order chi connectivity index (χ1) is 30.0. The van der Waals surface area contributed by atoms with Crippen molar-refractivity contribution in [3.05, 3.63) is 192 Å². The Kier molecular flexibility index (Phi) is 9.80. The molecule has 0 bridgehead atoms. The number of fused-ring (bicyclic) bond motifs is 8. The maximum absolute atomic E-state index is 12.7. The summed E-state index contributed by atoms with van der Waals surface area (Å²) in [6.07, 6.45) is 0. The summed E-state index contributed by atoms with van der Waals surface area (Å²) < 4.78 is 2.30. The Bertz CT molecular complexity index is 3120. The van der Waals surface area contributed by atoms with Gasteiger partial charge in [-0.25, -0.2) is 0 Å². The van der Waals surface area contributed by atoms with Crippen LogP contribution in [0.25, 0.3) is 86.1 Å². The van der Waals surface area contributed by atoms with Gasteiger partial charge in [-0.05, 0) is 103 Å². The van der Waals surface area contributed by atoms with Gasteiger partial charge in [0.25, 0.3) is 10.0 Å². The van der Waals surface area contributed by atoms with E-state index in [9.17, 15) is 10.2 Å². The van der Waals surface area contributed by atoms with E-state index in [1.807, 2.05) is 60.7 Å². The maximum Gasteiger partial charge on any atom is 2.00 e. The SMILES string of the molecule is CC1(C)c2ccccc2-c2ccc(-c3ccc([O-])c(-c4[nH+]c5ccccc5s4)c3)cc21.CC1(C)c2ccccc2-c2ccc(-c3ccc([O-])c(-c4[nH+]c5ccccc5s4)c3)cc21.[Be+2]. The smallest absolute Gasteiger partial charge is 0.872 e. The van der Waals surface area contributed by atoms with Crippen LogP contribution < -0.4 is 20.2 Å². The molecule has 2 aliphatic carbocycles. The normalized spacial score (nSPS) is 13.7. The summed E-state index contributed by atoms with van der Waals surface area (Å²) in [6.45, 7) is 9.17. The molecule has 300 valence electrons. The zero-order chi connectivity index (χ0) is 42.3. The minimum Gasteiger partial charge on any atom is -0.872 e. The first kappa shape index (κ1) is 40.4. The van der Waals surface area contributed by atoms with Crippen LogP contribution in [0.5, 0.6) is 11.5 Å². The Labute approximate surface area is 379 Å². The molecule has 7 heteroatoms. The molecule has 4 nitrogen and oxygen atoms in total. The van der Waals surface area contributed by atoms with Crippen molar-refractivity contribution in [2.24, 2.45) is 0 Å². The number of hydrogen-bond donors (Lipinski definition) is 0. The molecule has 0 saturated heterocycles. The van der Waals surface area contributed by atoms with Crippen LogP contribution in [0.2, 0.25) is 0 Å². The molecule has 10 aromatic rings. The van der Waals surface area contributed by atoms with Crippen molar-refractivity contribution in [2.45, 2.75) is 38.5 Å². The van der Waals surface area contributed by atoms with Crippen molar-refractivity contribution < 1.29 is 20.2 Å². The minimum absolute atomic E-state index is 0. The number of benzene rings is 8. The average molecular weight is 848 g/mol. The Hall–Kier alpha value is -6.69. The van der Waals surface area contributed by atoms with E-state index in [2.05, 4.69) is 135 Å². The number of hydrogen-bond acceptors (Lipinski definition) is 4. The summed E-state index contributed by atoms with van der Waals surface area (Å²) in [4.78, 5) is 6.83. The second-order valence-electron chi connectivity index (χ2n) is 17.4. The van der Waals surface area contributed by atoms with Crippen LogP contribution in [0, 0.1) is 0 Å². The van der Waals surface area contributed by atoms with Gasteiger partial charge in [0.05, 0.1) is 11.1 Å². The molecule has 2 aromatic heterocycles. The molecular formula is C56H42BeN2O2S2+2. The molecule has 2 heterocycles. The molecule has 0 saturated carbocycles. The van der Waals surface area contributed by atoms with Crippen molar-refractivity contribution in [3.63, 3.8) is 0 Å². The van der Waals surface area contributed by atoms with Crippen LogP contribution in [-0.2, 0) is 10.8 Å². The Morgan fingerprint density at radius 1 is 0.365 bits per heavy atom. The van der Waals surface area contributed by atoms with Gasteiger partial charge in [0.2, 0.25) is 11.0 Å². The zero-order valence-electron chi connectivity index (χ0n) is 35.5. The van der Waals surface area contributed by atoms with Gasteiger partial charge in [-0.15, -0.1) is 0 Å². The van der Waals surface area contributed by atoms with E-state index in [1.165, 1.54) is 44.5 Å². The number of aromatic amines is 2. The molecule has 63 heavy (non-hydrogen) atoms. The summed E-state index contributed by atoms with van der Waals surface area (Å²) in [5, 5.41) is 27.2. The van der Waals surface area contributed by atoms with E-state index in [4.69, 9.17) is 0 Å². The number of para-hydroxylation sites is 2. The third-order valence-electron chi connectivity index (χ3n) is 13.0. The van der Waals surface area contributed by atoms with Crippen LogP contribution in [0.3, 0.4) is 0 Å². The average Bonchev–Trinajstić information content (AvgIpc) is 4.04. The van der Waals surface area contributed by atoms with Gasteiger partial charge in [-0.3, -0.25) is 0 Å². The third-order valence-corrected chi connectivity index (χ3v) is 15.2. The largest absolute Gasteiger partial charge is 2.00 e. The van der Waals surface area contributed by atoms with E-state index in [0.717, 1.165) is 63.8 Å². The summed E-state index contributed by atoms with van der Waals surface area (Å²) in [5.41, 5.74) is 18.6. The second-order valence-corrected chi connectivity index (χ2v) is 19.5. The molecule has 12 rings (SSSR count). The third kappa shape index (κ3) is 6.69. The zero-order valence-corrected chi connectivity index (χ0v) is 37.1. The molecule has 8 aromatic carbocycles. The van der Waals surface area contributed by atoms with Crippen molar-refractivity contribution in [3.8, 4) is 77.1 Å². The van der Waals surface area contributed by atoms with E-state index in [1.54, 1.807) is 34.8 Å². The van der Waals surface area contributed by atoms with E-state index in [0.29, 0.717) is 0 Å². The predicted molar refractivity (Wildman–Crippen MR) is 258 cm³/mol. The van der Waals surface area contributed by atoms with Crippen molar-refractivity contribution >= 4 is 53.2 Å². The van der Waals surface area contributed by atoms with E-state index < -0.39 is 0 Å². The number of thiazole rings is 2. The van der Waals surface area contributed by atoms with Gasteiger partial charge < -0.3 is 10.2 Å². The summed E-state index contributed by atoms with van der Waals surface area (Å²) in [6, 6.07) is 58.4. The van der Waals surface area contributed by atoms with E-state index in [-0.39, 0.29) is 32.5 Å². The van der Waals surface area contributed by atoms with Gasteiger partial charge in [-0.1, -0.05) is 183 Å². The topological polar surface area (TPSA) is 74.4 Å². The molecule has 0 aliphatic heterocycles. The number of aromatic nitrogens is 2. The molecule has 0 radical (unpaired) electrons. The van der Waals surface area contributed by atoms with Crippen molar-refractivity contribution in [1.82, 2.24) is 0 Å². The number of nitrogens with one attached hydrogen (secondary N) is 2. The molecule has 0 fully saturated rings. The van der Waals surface area contributed by atoms with Crippen molar-refractivity contribution in [1.29, 1.82) is 0 Å². The van der Waals surface area contributed by atoms with E-state index >= 15 is 0 Å². The van der Waals surface area contributed by atoms with Gasteiger partial charge in [0, 0.05) is 23.0 Å². The Morgan fingerprint density at radius 2 is 0.714 bits per heavy atom. The molecular weight excluding hydrogens is 806 g/mol. The van der Waals surface area contributed by atoms with Gasteiger partial charge in [0.15, 0.2) is 0 Å². The quantitative estimate of drug-likeness (QED) is 0.165. The van der Waals surface area contributed by atoms with Crippen LogP contribution in [-0.4, -0.2) is 10.1 Å². The summed E-state index contributed by atoms with van der Waals surface area (Å²) in [7, 11) is 0. The second kappa shape index (κ2) is 15.3. The fraction of sp³-hybridized carbons (Fsp3) is 0.107. The first-order valence-corrected chi connectivity index (χ1v) is 22.6. The van der Waals surface area contributed by atoms with Crippen LogP contribution in [0.4, 0.5) is 0 Å². The minimum atomic E-state index is -0.0392.